The molecule has 0 fully saturated rings. The largest absolute Gasteiger partial charge is 0.325 e. The first-order valence-corrected chi connectivity index (χ1v) is 9.39. The molecule has 5 aromatic rings. The van der Waals surface area contributed by atoms with Gasteiger partial charge in [0.25, 0.3) is 0 Å². The van der Waals surface area contributed by atoms with E-state index in [1.165, 1.54) is 0 Å². The van der Waals surface area contributed by atoms with Crippen molar-refractivity contribution in [2.45, 2.75) is 6.54 Å². The van der Waals surface area contributed by atoms with E-state index >= 15 is 0 Å². The van der Waals surface area contributed by atoms with Crippen molar-refractivity contribution in [3.63, 3.8) is 0 Å². The van der Waals surface area contributed by atoms with Crippen LogP contribution in [0.25, 0.3) is 32.0 Å². The lowest BCUT2D eigenvalue weighted by atomic mass is 10.1. The highest BCUT2D eigenvalue weighted by Crippen LogP contribution is 2.37. The minimum absolute atomic E-state index is 0.711. The lowest BCUT2D eigenvalue weighted by molar-refractivity contribution is 0.802. The molecule has 0 spiro atoms. The summed E-state index contributed by atoms with van der Waals surface area (Å²) >= 11 is 1.66. The maximum Gasteiger partial charge on any atom is 0.127 e. The Hall–Kier alpha value is -3.38. The van der Waals surface area contributed by atoms with Crippen molar-refractivity contribution in [3.05, 3.63) is 85.3 Å². The van der Waals surface area contributed by atoms with Crippen molar-refractivity contribution >= 4 is 21.6 Å². The summed E-state index contributed by atoms with van der Waals surface area (Å²) in [7, 11) is 0. The molecule has 0 atom stereocenters. The van der Waals surface area contributed by atoms with E-state index in [2.05, 4.69) is 43.8 Å². The van der Waals surface area contributed by atoms with E-state index < -0.39 is 0 Å². The minimum atomic E-state index is 0.711. The Morgan fingerprint density at radius 3 is 2.67 bits per heavy atom. The van der Waals surface area contributed by atoms with Crippen LogP contribution in [0, 0.1) is 0 Å². The molecule has 5 nitrogen and oxygen atoms in total. The van der Waals surface area contributed by atoms with E-state index in [1.807, 2.05) is 43.0 Å². The molecule has 0 radical (unpaired) electrons. The van der Waals surface area contributed by atoms with Gasteiger partial charge in [0.05, 0.1) is 29.1 Å². The minimum Gasteiger partial charge on any atom is -0.325 e. The summed E-state index contributed by atoms with van der Waals surface area (Å²) in [6.07, 6.45) is 9.03. The van der Waals surface area contributed by atoms with Crippen LogP contribution in [-0.2, 0) is 6.54 Å². The van der Waals surface area contributed by atoms with Gasteiger partial charge in [0.1, 0.15) is 11.2 Å². The van der Waals surface area contributed by atoms with Crippen molar-refractivity contribution in [2.24, 2.45) is 0 Å². The molecule has 4 aromatic heterocycles. The first kappa shape index (κ1) is 15.8. The van der Waals surface area contributed by atoms with E-state index in [4.69, 9.17) is 4.98 Å². The Bertz CT molecular complexity index is 1160. The zero-order valence-corrected chi connectivity index (χ0v) is 15.2. The maximum atomic E-state index is 4.74. The summed E-state index contributed by atoms with van der Waals surface area (Å²) in [6, 6.07) is 16.5. The third-order valence-corrected chi connectivity index (χ3v) is 5.46. The van der Waals surface area contributed by atoms with Gasteiger partial charge in [0.15, 0.2) is 0 Å². The van der Waals surface area contributed by atoms with E-state index in [0.717, 1.165) is 37.6 Å². The zero-order chi connectivity index (χ0) is 18.1. The van der Waals surface area contributed by atoms with E-state index in [9.17, 15) is 0 Å². The Labute approximate surface area is 160 Å². The number of imidazole rings is 1. The Balaban J connectivity index is 1.69. The molecule has 130 valence electrons. The molecule has 0 aliphatic carbocycles. The monoisotopic (exact) mass is 369 g/mol. The van der Waals surface area contributed by atoms with E-state index in [0.29, 0.717) is 6.54 Å². The predicted octanol–water partition coefficient (Wildman–Crippen LogP) is 4.67. The number of benzene rings is 1. The second-order valence-electron chi connectivity index (χ2n) is 6.19. The molecule has 1 aromatic carbocycles. The molecular weight excluding hydrogens is 354 g/mol. The van der Waals surface area contributed by atoms with E-state index in [1.54, 1.807) is 23.9 Å². The summed E-state index contributed by atoms with van der Waals surface area (Å²) in [6.45, 7) is 0.711. The topological polar surface area (TPSA) is 56.5 Å². The average Bonchev–Trinajstić information content (AvgIpc) is 3.33. The number of pyridine rings is 1. The fraction of sp³-hybridized carbons (Fsp3) is 0.0476. The van der Waals surface area contributed by atoms with Crippen molar-refractivity contribution in [1.82, 2.24) is 24.5 Å². The van der Waals surface area contributed by atoms with Crippen LogP contribution in [-0.4, -0.2) is 24.5 Å². The number of hydrogen-bond acceptors (Lipinski definition) is 5. The summed E-state index contributed by atoms with van der Waals surface area (Å²) in [5.41, 5.74) is 4.30. The number of fused-ring (bicyclic) bond motifs is 1. The van der Waals surface area contributed by atoms with Gasteiger partial charge in [-0.3, -0.25) is 4.98 Å². The lowest BCUT2D eigenvalue weighted by Gasteiger charge is -2.09. The Morgan fingerprint density at radius 2 is 1.85 bits per heavy atom. The molecule has 0 aliphatic rings. The fourth-order valence-corrected chi connectivity index (χ4v) is 4.20. The van der Waals surface area contributed by atoms with Gasteiger partial charge in [-0.1, -0.05) is 36.4 Å². The van der Waals surface area contributed by atoms with Crippen LogP contribution >= 0.6 is 11.3 Å². The van der Waals surface area contributed by atoms with Crippen LogP contribution in [0.15, 0.2) is 79.8 Å². The highest BCUT2D eigenvalue weighted by molar-refractivity contribution is 7.21. The highest BCUT2D eigenvalue weighted by atomic mass is 32.1. The zero-order valence-electron chi connectivity index (χ0n) is 14.4. The lowest BCUT2D eigenvalue weighted by Crippen LogP contribution is -2.00. The molecule has 5 rings (SSSR count). The number of aromatic nitrogens is 5. The number of hydrogen-bond donors (Lipinski definition) is 0. The van der Waals surface area contributed by atoms with Crippen LogP contribution in [0.1, 0.15) is 5.56 Å². The third kappa shape index (κ3) is 3.00. The molecule has 0 saturated carbocycles. The van der Waals surface area contributed by atoms with Crippen molar-refractivity contribution in [2.75, 3.05) is 0 Å². The standard InChI is InChI=1S/C21H15N5S/c1-2-6-16(7-3-1)19-20(18-9-17-11-23-13-24-21(17)27-18)26(14-25-19)12-15-5-4-8-22-10-15/h1-11,13-14H,12H2. The van der Waals surface area contributed by atoms with Gasteiger partial charge < -0.3 is 4.57 Å². The van der Waals surface area contributed by atoms with Crippen LogP contribution in [0.4, 0.5) is 0 Å². The highest BCUT2D eigenvalue weighted by Gasteiger charge is 2.18. The first-order valence-electron chi connectivity index (χ1n) is 8.58. The molecule has 0 amide bonds. The Kier molecular flexibility index (Phi) is 3.95. The number of thiophene rings is 1. The van der Waals surface area contributed by atoms with Gasteiger partial charge in [-0.15, -0.1) is 11.3 Å². The third-order valence-electron chi connectivity index (χ3n) is 4.39. The Morgan fingerprint density at radius 1 is 0.926 bits per heavy atom. The molecule has 0 N–H and O–H groups in total. The van der Waals surface area contributed by atoms with Crippen LogP contribution < -0.4 is 0 Å². The SMILES string of the molecule is c1ccc(-c2ncn(Cc3cccnc3)c2-c2cc3cncnc3s2)cc1. The molecule has 0 unspecified atom stereocenters. The first-order chi connectivity index (χ1) is 13.4. The van der Waals surface area contributed by atoms with Crippen molar-refractivity contribution in [1.29, 1.82) is 0 Å². The van der Waals surface area contributed by atoms with Gasteiger partial charge in [-0.2, -0.15) is 0 Å². The van der Waals surface area contributed by atoms with E-state index in [-0.39, 0.29) is 0 Å². The number of nitrogens with zero attached hydrogens (tertiary/aromatic N) is 5. The summed E-state index contributed by atoms with van der Waals surface area (Å²) in [5.74, 6) is 0. The molecule has 6 heteroatoms. The molecule has 27 heavy (non-hydrogen) atoms. The predicted molar refractivity (Wildman–Crippen MR) is 107 cm³/mol. The van der Waals surface area contributed by atoms with Gasteiger partial charge in [0, 0.05) is 29.5 Å². The smallest absolute Gasteiger partial charge is 0.127 e. The quantitative estimate of drug-likeness (QED) is 0.462. The van der Waals surface area contributed by atoms with Crippen LogP contribution in [0.2, 0.25) is 0 Å². The second-order valence-corrected chi connectivity index (χ2v) is 7.22. The molecule has 4 heterocycles. The van der Waals surface area contributed by atoms with Gasteiger partial charge >= 0.3 is 0 Å². The normalized spacial score (nSPS) is 11.1. The fourth-order valence-electron chi connectivity index (χ4n) is 3.16. The summed E-state index contributed by atoms with van der Waals surface area (Å²) < 4.78 is 2.18. The van der Waals surface area contributed by atoms with Gasteiger partial charge in [-0.25, -0.2) is 15.0 Å². The van der Waals surface area contributed by atoms with Gasteiger partial charge in [-0.05, 0) is 17.7 Å². The maximum absolute atomic E-state index is 4.74. The molecule has 0 saturated heterocycles. The van der Waals surface area contributed by atoms with Crippen molar-refractivity contribution in [3.8, 4) is 21.8 Å². The summed E-state index contributed by atoms with van der Waals surface area (Å²) in [5, 5.41) is 1.05. The molecule has 0 bridgehead atoms. The average molecular weight is 369 g/mol. The second kappa shape index (κ2) is 6.74. The molecule has 0 aliphatic heterocycles. The van der Waals surface area contributed by atoms with Gasteiger partial charge in [0.2, 0.25) is 0 Å². The summed E-state index contributed by atoms with van der Waals surface area (Å²) in [4.78, 5) is 19.6. The van der Waals surface area contributed by atoms with Crippen LogP contribution in [0.5, 0.6) is 0 Å². The van der Waals surface area contributed by atoms with Crippen LogP contribution in [0.3, 0.4) is 0 Å². The van der Waals surface area contributed by atoms with Crippen molar-refractivity contribution < 1.29 is 0 Å². The molecular formula is C21H15N5S. The number of rotatable bonds is 4.